The standard InChI is InChI=1S/C25H32N2O3/c1-17(2)24-11-10-23(16-18(24)3)30-20(5)25(29)27-14-12-26(13-15-27)22-8-6-21(7-9-22)19(4)28/h6-11,16-17,20H,12-15H2,1-5H3. The van der Waals surface area contributed by atoms with E-state index in [0.717, 1.165) is 30.1 Å². The Hall–Kier alpha value is -2.82. The minimum Gasteiger partial charge on any atom is -0.481 e. The highest BCUT2D eigenvalue weighted by molar-refractivity contribution is 5.94. The quantitative estimate of drug-likeness (QED) is 0.663. The predicted molar refractivity (Wildman–Crippen MR) is 121 cm³/mol. The van der Waals surface area contributed by atoms with Crippen LogP contribution in [0.15, 0.2) is 42.5 Å². The van der Waals surface area contributed by atoms with Gasteiger partial charge in [0.1, 0.15) is 5.75 Å². The van der Waals surface area contributed by atoms with Crippen LogP contribution in [0.3, 0.4) is 0 Å². The molecule has 1 heterocycles. The van der Waals surface area contributed by atoms with Crippen LogP contribution >= 0.6 is 0 Å². The van der Waals surface area contributed by atoms with E-state index in [1.807, 2.05) is 48.2 Å². The van der Waals surface area contributed by atoms with Crippen LogP contribution in [0.5, 0.6) is 5.75 Å². The van der Waals surface area contributed by atoms with Gasteiger partial charge in [0, 0.05) is 37.4 Å². The number of benzene rings is 2. The Bertz CT molecular complexity index is 897. The number of hydrogen-bond acceptors (Lipinski definition) is 4. The number of anilines is 1. The summed E-state index contributed by atoms with van der Waals surface area (Å²) in [4.78, 5) is 28.4. The van der Waals surface area contributed by atoms with Crippen LogP contribution in [0.1, 0.15) is 55.1 Å². The third kappa shape index (κ3) is 5.02. The molecule has 1 aliphatic heterocycles. The molecule has 1 aliphatic rings. The maximum Gasteiger partial charge on any atom is 0.263 e. The molecule has 1 saturated heterocycles. The Labute approximate surface area is 179 Å². The molecular weight excluding hydrogens is 376 g/mol. The van der Waals surface area contributed by atoms with Gasteiger partial charge in [-0.15, -0.1) is 0 Å². The average molecular weight is 409 g/mol. The lowest BCUT2D eigenvalue weighted by molar-refractivity contribution is -0.138. The molecule has 0 bridgehead atoms. The van der Waals surface area contributed by atoms with E-state index in [-0.39, 0.29) is 11.7 Å². The van der Waals surface area contributed by atoms with Gasteiger partial charge in [-0.1, -0.05) is 19.9 Å². The summed E-state index contributed by atoms with van der Waals surface area (Å²) in [5.41, 5.74) is 4.28. The zero-order valence-corrected chi connectivity index (χ0v) is 18.6. The van der Waals surface area contributed by atoms with Crippen molar-refractivity contribution in [3.05, 3.63) is 59.2 Å². The summed E-state index contributed by atoms with van der Waals surface area (Å²) >= 11 is 0. The first-order valence-electron chi connectivity index (χ1n) is 10.7. The molecule has 0 aliphatic carbocycles. The van der Waals surface area contributed by atoms with Gasteiger partial charge in [0.2, 0.25) is 0 Å². The molecule has 2 aromatic rings. The van der Waals surface area contributed by atoms with Gasteiger partial charge in [0.05, 0.1) is 0 Å². The highest BCUT2D eigenvalue weighted by Gasteiger charge is 2.26. The fraction of sp³-hybridized carbons (Fsp3) is 0.440. The predicted octanol–water partition coefficient (Wildman–Crippen LogP) is 4.44. The molecule has 1 fully saturated rings. The highest BCUT2D eigenvalue weighted by atomic mass is 16.5. The van der Waals surface area contributed by atoms with Crippen molar-refractivity contribution >= 4 is 17.4 Å². The van der Waals surface area contributed by atoms with Crippen molar-refractivity contribution in [2.24, 2.45) is 0 Å². The number of Topliss-reactive ketones (excluding diaryl/α,β-unsaturated/α-hetero) is 1. The van der Waals surface area contributed by atoms with Gasteiger partial charge in [-0.25, -0.2) is 0 Å². The average Bonchev–Trinajstić information content (AvgIpc) is 2.73. The van der Waals surface area contributed by atoms with Crippen LogP contribution in [-0.2, 0) is 4.79 Å². The summed E-state index contributed by atoms with van der Waals surface area (Å²) < 4.78 is 5.96. The molecule has 5 heteroatoms. The first kappa shape index (κ1) is 21.9. The summed E-state index contributed by atoms with van der Waals surface area (Å²) in [5.74, 6) is 1.29. The van der Waals surface area contributed by atoms with Crippen molar-refractivity contribution in [3.63, 3.8) is 0 Å². The number of aryl methyl sites for hydroxylation is 1. The number of amides is 1. The fourth-order valence-corrected chi connectivity index (χ4v) is 3.97. The number of hydrogen-bond donors (Lipinski definition) is 0. The molecule has 1 amide bonds. The van der Waals surface area contributed by atoms with Crippen molar-refractivity contribution in [1.82, 2.24) is 4.90 Å². The second-order valence-electron chi connectivity index (χ2n) is 8.35. The van der Waals surface area contributed by atoms with Gasteiger partial charge < -0.3 is 14.5 Å². The molecule has 0 saturated carbocycles. The zero-order valence-electron chi connectivity index (χ0n) is 18.6. The number of ketones is 1. The highest BCUT2D eigenvalue weighted by Crippen LogP contribution is 2.24. The molecular formula is C25H32N2O3. The minimum atomic E-state index is -0.518. The molecule has 0 radical (unpaired) electrons. The van der Waals surface area contributed by atoms with Gasteiger partial charge in [0.25, 0.3) is 5.91 Å². The molecule has 5 nitrogen and oxygen atoms in total. The lowest BCUT2D eigenvalue weighted by Crippen LogP contribution is -2.52. The molecule has 1 atom stereocenters. The van der Waals surface area contributed by atoms with E-state index < -0.39 is 6.10 Å². The number of rotatable bonds is 6. The topological polar surface area (TPSA) is 49.9 Å². The zero-order chi connectivity index (χ0) is 21.8. The van der Waals surface area contributed by atoms with E-state index in [0.29, 0.717) is 19.0 Å². The number of piperazine rings is 1. The number of carbonyl (C=O) groups excluding carboxylic acids is 2. The fourth-order valence-electron chi connectivity index (χ4n) is 3.97. The molecule has 160 valence electrons. The summed E-state index contributed by atoms with van der Waals surface area (Å²) in [7, 11) is 0. The maximum absolute atomic E-state index is 12.9. The minimum absolute atomic E-state index is 0.0205. The summed E-state index contributed by atoms with van der Waals surface area (Å²) in [6.45, 7) is 12.7. The second kappa shape index (κ2) is 9.33. The van der Waals surface area contributed by atoms with E-state index in [1.165, 1.54) is 11.1 Å². The van der Waals surface area contributed by atoms with Gasteiger partial charge in [-0.2, -0.15) is 0 Å². The second-order valence-corrected chi connectivity index (χ2v) is 8.35. The monoisotopic (exact) mass is 408 g/mol. The number of nitrogens with zero attached hydrogens (tertiary/aromatic N) is 2. The Morgan fingerprint density at radius 3 is 2.10 bits per heavy atom. The van der Waals surface area contributed by atoms with Crippen molar-refractivity contribution < 1.29 is 14.3 Å². The Balaban J connectivity index is 1.55. The lowest BCUT2D eigenvalue weighted by atomic mass is 9.98. The van der Waals surface area contributed by atoms with Crippen LogP contribution in [-0.4, -0.2) is 48.9 Å². The van der Waals surface area contributed by atoms with E-state index >= 15 is 0 Å². The van der Waals surface area contributed by atoms with E-state index in [9.17, 15) is 9.59 Å². The van der Waals surface area contributed by atoms with E-state index in [1.54, 1.807) is 6.92 Å². The van der Waals surface area contributed by atoms with Crippen LogP contribution in [0.4, 0.5) is 5.69 Å². The molecule has 3 rings (SSSR count). The van der Waals surface area contributed by atoms with Crippen LogP contribution in [0.25, 0.3) is 0 Å². The first-order chi connectivity index (χ1) is 14.3. The molecule has 1 unspecified atom stereocenters. The largest absolute Gasteiger partial charge is 0.481 e. The SMILES string of the molecule is CC(=O)c1ccc(N2CCN(C(=O)C(C)Oc3ccc(C(C)C)c(C)c3)CC2)cc1. The van der Waals surface area contributed by atoms with E-state index in [2.05, 4.69) is 31.7 Å². The van der Waals surface area contributed by atoms with Crippen molar-refractivity contribution in [2.45, 2.75) is 46.6 Å². The third-order valence-electron chi connectivity index (χ3n) is 5.75. The van der Waals surface area contributed by atoms with E-state index in [4.69, 9.17) is 4.74 Å². The summed E-state index contributed by atoms with van der Waals surface area (Å²) in [6.07, 6.45) is -0.518. The first-order valence-corrected chi connectivity index (χ1v) is 10.7. The van der Waals surface area contributed by atoms with Crippen LogP contribution in [0.2, 0.25) is 0 Å². The Morgan fingerprint density at radius 1 is 0.933 bits per heavy atom. The molecule has 0 N–H and O–H groups in total. The van der Waals surface area contributed by atoms with Crippen molar-refractivity contribution in [1.29, 1.82) is 0 Å². The number of ether oxygens (including phenoxy) is 1. The smallest absolute Gasteiger partial charge is 0.263 e. The number of carbonyl (C=O) groups is 2. The summed E-state index contributed by atoms with van der Waals surface area (Å²) in [5, 5.41) is 0. The molecule has 0 aromatic heterocycles. The molecule has 30 heavy (non-hydrogen) atoms. The van der Waals surface area contributed by atoms with Crippen molar-refractivity contribution in [2.75, 3.05) is 31.1 Å². The van der Waals surface area contributed by atoms with Gasteiger partial charge >= 0.3 is 0 Å². The maximum atomic E-state index is 12.9. The summed E-state index contributed by atoms with van der Waals surface area (Å²) in [6, 6.07) is 13.7. The molecule has 0 spiro atoms. The molecule has 2 aromatic carbocycles. The van der Waals surface area contributed by atoms with Crippen molar-refractivity contribution in [3.8, 4) is 5.75 Å². The Kier molecular flexibility index (Phi) is 6.80. The van der Waals surface area contributed by atoms with Crippen LogP contribution < -0.4 is 9.64 Å². The van der Waals surface area contributed by atoms with Crippen LogP contribution in [0, 0.1) is 6.92 Å². The van der Waals surface area contributed by atoms with Gasteiger partial charge in [0.15, 0.2) is 11.9 Å². The van der Waals surface area contributed by atoms with Gasteiger partial charge in [-0.05, 0) is 74.2 Å². The normalized spacial score (nSPS) is 15.3. The third-order valence-corrected chi connectivity index (χ3v) is 5.75. The lowest BCUT2D eigenvalue weighted by Gasteiger charge is -2.37. The van der Waals surface area contributed by atoms with Gasteiger partial charge in [-0.3, -0.25) is 9.59 Å². The Morgan fingerprint density at radius 2 is 1.57 bits per heavy atom.